The van der Waals surface area contributed by atoms with Crippen LogP contribution in [0, 0.1) is 22.7 Å². The van der Waals surface area contributed by atoms with Gasteiger partial charge < -0.3 is 8.85 Å². The lowest BCUT2D eigenvalue weighted by molar-refractivity contribution is -0.0311. The smallest absolute Gasteiger partial charge is 0.388 e. The maximum atomic E-state index is 5.95. The lowest BCUT2D eigenvalue weighted by atomic mass is 9.53. The predicted molar refractivity (Wildman–Crippen MR) is 83.3 cm³/mol. The zero-order valence-electron chi connectivity index (χ0n) is 14.2. The monoisotopic (exact) mass is 285 g/mol. The maximum absolute atomic E-state index is 5.95. The molecule has 0 aromatic rings. The van der Waals surface area contributed by atoms with Crippen LogP contribution in [0.5, 0.6) is 0 Å². The minimum atomic E-state index is -1.11. The predicted octanol–water partition coefficient (Wildman–Crippen LogP) is 4.65. The van der Waals surface area contributed by atoms with Crippen LogP contribution in [-0.2, 0) is 8.85 Å². The van der Waals surface area contributed by atoms with Gasteiger partial charge in [0.25, 0.3) is 0 Å². The zero-order chi connectivity index (χ0) is 14.8. The van der Waals surface area contributed by atoms with Crippen LogP contribution in [-0.4, -0.2) is 22.5 Å². The Morgan fingerprint density at radius 1 is 0.895 bits per heavy atom. The molecular weight excluding hydrogens is 252 g/mol. The summed E-state index contributed by atoms with van der Waals surface area (Å²) in [5, 5.41) is 0. The standard InChI is InChI=1S/C16H33O2Si/c1-9-17-19(18-10-2)13-11-12(15(3,4)5)14(13)16(6,7)8/h12-14H,9-11H2,1-8H3. The Bertz CT molecular complexity index is 271. The lowest BCUT2D eigenvalue weighted by Gasteiger charge is -2.57. The van der Waals surface area contributed by atoms with Gasteiger partial charge in [0.15, 0.2) is 0 Å². The van der Waals surface area contributed by atoms with E-state index in [0.29, 0.717) is 16.4 Å². The van der Waals surface area contributed by atoms with E-state index in [1.807, 2.05) is 0 Å². The average molecular weight is 286 g/mol. The summed E-state index contributed by atoms with van der Waals surface area (Å²) >= 11 is 0. The highest BCUT2D eigenvalue weighted by Crippen LogP contribution is 2.61. The quantitative estimate of drug-likeness (QED) is 0.685. The number of hydrogen-bond donors (Lipinski definition) is 0. The van der Waals surface area contributed by atoms with Crippen molar-refractivity contribution in [3.05, 3.63) is 0 Å². The molecule has 19 heavy (non-hydrogen) atoms. The number of hydrogen-bond acceptors (Lipinski definition) is 2. The molecule has 0 saturated heterocycles. The molecule has 0 N–H and O–H groups in total. The molecule has 1 rings (SSSR count). The molecule has 0 aromatic carbocycles. The van der Waals surface area contributed by atoms with Crippen LogP contribution in [0.25, 0.3) is 0 Å². The summed E-state index contributed by atoms with van der Waals surface area (Å²) in [4.78, 5) is 0. The van der Waals surface area contributed by atoms with E-state index in [4.69, 9.17) is 8.85 Å². The van der Waals surface area contributed by atoms with Gasteiger partial charge in [-0.2, -0.15) is 0 Å². The SMILES string of the molecule is CCO[Si](OCC)C1CC(C(C)(C)C)C1C(C)(C)C. The summed E-state index contributed by atoms with van der Waals surface area (Å²) in [6.07, 6.45) is 1.28. The minimum absolute atomic E-state index is 0.338. The van der Waals surface area contributed by atoms with Gasteiger partial charge in [-0.15, -0.1) is 0 Å². The van der Waals surface area contributed by atoms with Crippen molar-refractivity contribution < 1.29 is 8.85 Å². The van der Waals surface area contributed by atoms with Crippen LogP contribution in [0.2, 0.25) is 5.54 Å². The third kappa shape index (κ3) is 4.05. The zero-order valence-corrected chi connectivity index (χ0v) is 15.2. The molecule has 1 saturated carbocycles. The highest BCUT2D eigenvalue weighted by Gasteiger charge is 2.56. The van der Waals surface area contributed by atoms with E-state index in [1.165, 1.54) is 6.42 Å². The van der Waals surface area contributed by atoms with Gasteiger partial charge in [-0.3, -0.25) is 0 Å². The van der Waals surface area contributed by atoms with E-state index >= 15 is 0 Å². The molecule has 0 aliphatic heterocycles. The topological polar surface area (TPSA) is 18.5 Å². The fourth-order valence-corrected chi connectivity index (χ4v) is 6.09. The molecule has 1 radical (unpaired) electrons. The van der Waals surface area contributed by atoms with Gasteiger partial charge in [0, 0.05) is 18.8 Å². The Balaban J connectivity index is 2.85. The lowest BCUT2D eigenvalue weighted by Crippen LogP contribution is -2.53. The van der Waals surface area contributed by atoms with Gasteiger partial charge in [-0.25, -0.2) is 0 Å². The van der Waals surface area contributed by atoms with E-state index in [0.717, 1.165) is 25.0 Å². The molecule has 0 bridgehead atoms. The largest absolute Gasteiger partial charge is 0.393 e. The molecule has 1 aliphatic rings. The van der Waals surface area contributed by atoms with Gasteiger partial charge in [0.1, 0.15) is 0 Å². The molecule has 0 amide bonds. The van der Waals surface area contributed by atoms with Gasteiger partial charge in [-0.05, 0) is 42.9 Å². The van der Waals surface area contributed by atoms with Crippen LogP contribution in [0.4, 0.5) is 0 Å². The number of rotatable bonds is 5. The van der Waals surface area contributed by atoms with Crippen LogP contribution in [0.15, 0.2) is 0 Å². The minimum Gasteiger partial charge on any atom is -0.393 e. The summed E-state index contributed by atoms with van der Waals surface area (Å²) in [5.74, 6) is 1.51. The van der Waals surface area contributed by atoms with Crippen molar-refractivity contribution in [1.82, 2.24) is 0 Å². The van der Waals surface area contributed by atoms with Crippen molar-refractivity contribution in [3.8, 4) is 0 Å². The van der Waals surface area contributed by atoms with E-state index in [-0.39, 0.29) is 0 Å². The van der Waals surface area contributed by atoms with Gasteiger partial charge in [0.2, 0.25) is 0 Å². The Morgan fingerprint density at radius 2 is 1.37 bits per heavy atom. The second kappa shape index (κ2) is 6.27. The highest BCUT2D eigenvalue weighted by molar-refractivity contribution is 6.46. The molecule has 0 heterocycles. The van der Waals surface area contributed by atoms with Crippen molar-refractivity contribution in [3.63, 3.8) is 0 Å². The summed E-state index contributed by atoms with van der Waals surface area (Å²) in [6, 6.07) is 0. The molecule has 3 heteroatoms. The molecular formula is C16H33O2Si. The van der Waals surface area contributed by atoms with E-state index in [9.17, 15) is 0 Å². The normalized spacial score (nSPS) is 28.6. The Morgan fingerprint density at radius 3 is 1.68 bits per heavy atom. The van der Waals surface area contributed by atoms with Gasteiger partial charge >= 0.3 is 9.28 Å². The van der Waals surface area contributed by atoms with Crippen molar-refractivity contribution >= 4 is 9.28 Å². The third-order valence-corrected chi connectivity index (χ3v) is 6.71. The van der Waals surface area contributed by atoms with E-state index in [1.54, 1.807) is 0 Å². The fraction of sp³-hybridized carbons (Fsp3) is 1.00. The van der Waals surface area contributed by atoms with Gasteiger partial charge in [-0.1, -0.05) is 41.5 Å². The van der Waals surface area contributed by atoms with Crippen LogP contribution in [0.1, 0.15) is 61.8 Å². The molecule has 3 unspecified atom stereocenters. The maximum Gasteiger partial charge on any atom is 0.388 e. The van der Waals surface area contributed by atoms with Crippen molar-refractivity contribution in [1.29, 1.82) is 0 Å². The average Bonchev–Trinajstić information content (AvgIpc) is 2.11. The molecule has 3 atom stereocenters. The fourth-order valence-electron chi connectivity index (χ4n) is 3.53. The summed E-state index contributed by atoms with van der Waals surface area (Å²) in [5.41, 5.74) is 1.37. The second-order valence-electron chi connectivity index (χ2n) is 7.89. The highest BCUT2D eigenvalue weighted by atomic mass is 28.3. The Kier molecular flexibility index (Phi) is 5.68. The Hall–Kier alpha value is 0.137. The molecule has 113 valence electrons. The first-order valence-corrected chi connectivity index (χ1v) is 9.14. The third-order valence-electron chi connectivity index (χ3n) is 4.36. The van der Waals surface area contributed by atoms with E-state index in [2.05, 4.69) is 55.4 Å². The first-order chi connectivity index (χ1) is 8.62. The first-order valence-electron chi connectivity index (χ1n) is 7.75. The van der Waals surface area contributed by atoms with Crippen molar-refractivity contribution in [2.24, 2.45) is 22.7 Å². The molecule has 1 aliphatic carbocycles. The molecule has 0 spiro atoms. The van der Waals surface area contributed by atoms with Crippen LogP contribution >= 0.6 is 0 Å². The summed E-state index contributed by atoms with van der Waals surface area (Å²) in [6.45, 7) is 20.0. The summed E-state index contributed by atoms with van der Waals surface area (Å²) in [7, 11) is -1.11. The molecule has 2 nitrogen and oxygen atoms in total. The summed E-state index contributed by atoms with van der Waals surface area (Å²) < 4.78 is 11.9. The molecule has 1 fully saturated rings. The van der Waals surface area contributed by atoms with Crippen LogP contribution < -0.4 is 0 Å². The molecule has 0 aromatic heterocycles. The first kappa shape index (κ1) is 17.2. The van der Waals surface area contributed by atoms with Crippen LogP contribution in [0.3, 0.4) is 0 Å². The van der Waals surface area contributed by atoms with Crippen molar-refractivity contribution in [2.75, 3.05) is 13.2 Å². The second-order valence-corrected chi connectivity index (χ2v) is 9.85. The van der Waals surface area contributed by atoms with Gasteiger partial charge in [0.05, 0.1) is 0 Å². The Labute approximate surface area is 122 Å². The van der Waals surface area contributed by atoms with E-state index < -0.39 is 9.28 Å². The van der Waals surface area contributed by atoms with Crippen molar-refractivity contribution in [2.45, 2.75) is 67.4 Å².